The molecule has 0 spiro atoms. The molecule has 0 atom stereocenters. The number of carbonyl (C=O) groups is 3. The molecule has 0 saturated heterocycles. The summed E-state index contributed by atoms with van der Waals surface area (Å²) in [6.07, 6.45) is 26.5. The van der Waals surface area contributed by atoms with Gasteiger partial charge < -0.3 is 43.6 Å². The van der Waals surface area contributed by atoms with Gasteiger partial charge in [-0.2, -0.15) is 15.3 Å². The average Bonchev–Trinajstić information content (AvgIpc) is 2.15. The number of amides is 3. The maximum absolute atomic E-state index is 12.3. The molecule has 3 aliphatic carbocycles. The van der Waals surface area contributed by atoms with Crippen molar-refractivity contribution in [2.75, 3.05) is 27.2 Å². The third kappa shape index (κ3) is 34.4. The van der Waals surface area contributed by atoms with Gasteiger partial charge in [0.2, 0.25) is 17.7 Å². The quantitative estimate of drug-likeness (QED) is 0.0609. The number of nitrogens with zero attached hydrogens (tertiary/aromatic N) is 10. The minimum atomic E-state index is -0.522. The third-order valence-electron chi connectivity index (χ3n) is 14.6. The predicted octanol–water partition coefficient (Wildman–Crippen LogP) is 17.5. The molecule has 3 fully saturated rings. The Morgan fingerprint density at radius 3 is 1.38 bits per heavy atom. The summed E-state index contributed by atoms with van der Waals surface area (Å²) in [5.41, 5.74) is 3.99. The van der Waals surface area contributed by atoms with Crippen LogP contribution in [0.4, 0.5) is 9.59 Å². The largest absolute Gasteiger partial charge is 0.473 e. The number of hydrogen-bond donors (Lipinski definition) is 0. The second kappa shape index (κ2) is 47.2. The number of ether oxygens (including phenoxy) is 4. The number of aryl methyl sites for hydroxylation is 1. The maximum atomic E-state index is 12.3. The van der Waals surface area contributed by atoms with Crippen LogP contribution in [0, 0.1) is 32.6 Å². The molecule has 1 aliphatic heterocycles. The fourth-order valence-corrected chi connectivity index (χ4v) is 10.8. The molecule has 3 aromatic heterocycles. The van der Waals surface area contributed by atoms with E-state index in [0.29, 0.717) is 44.6 Å². The summed E-state index contributed by atoms with van der Waals surface area (Å²) in [5, 5.41) is 15.6. The number of hydrogen-bond acceptors (Lipinski definition) is 11. The van der Waals surface area contributed by atoms with Gasteiger partial charge in [-0.15, -0.1) is 0 Å². The van der Waals surface area contributed by atoms with Crippen molar-refractivity contribution >= 4 is 46.7 Å². The van der Waals surface area contributed by atoms with Crippen LogP contribution in [0.3, 0.4) is 0 Å². The number of carbonyl (C=O) groups excluding carboxylic acids is 3. The van der Waals surface area contributed by atoms with E-state index in [1.165, 1.54) is 107 Å². The number of halogens is 1. The molecule has 17 nitrogen and oxygen atoms in total. The molecule has 0 bridgehead atoms. The Morgan fingerprint density at radius 2 is 1.00 bits per heavy atom. The molecule has 0 N–H and O–H groups in total. The zero-order chi connectivity index (χ0) is 62.9. The van der Waals surface area contributed by atoms with Crippen molar-refractivity contribution in [2.24, 2.45) is 22.9 Å². The smallest absolute Gasteiger partial charge is 0.410 e. The molecule has 500 valence electrons. The first-order chi connectivity index (χ1) is 41.3. The summed E-state index contributed by atoms with van der Waals surface area (Å²) < 4.78 is 29.0. The minimum absolute atomic E-state index is 0. The van der Waals surface area contributed by atoms with E-state index in [4.69, 9.17) is 29.1 Å². The van der Waals surface area contributed by atoms with Gasteiger partial charge in [-0.3, -0.25) is 7.58 Å². The van der Waals surface area contributed by atoms with Crippen LogP contribution >= 0.6 is 22.9 Å². The van der Waals surface area contributed by atoms with E-state index in [0.717, 1.165) is 72.8 Å². The molecule has 2 radical (unpaired) electrons. The van der Waals surface area contributed by atoms with Crippen LogP contribution in [0.5, 0.6) is 11.8 Å². The summed E-state index contributed by atoms with van der Waals surface area (Å²) >= 11 is 2.13. The van der Waals surface area contributed by atoms with Crippen LogP contribution in [0.25, 0.3) is 0 Å². The summed E-state index contributed by atoms with van der Waals surface area (Å²) in [4.78, 5) is 43.2. The van der Waals surface area contributed by atoms with E-state index in [1.807, 2.05) is 113 Å². The molecular weight excluding hydrogens is 1400 g/mol. The molecule has 9 rings (SSSR count). The van der Waals surface area contributed by atoms with Gasteiger partial charge in [0.1, 0.15) is 30.7 Å². The van der Waals surface area contributed by atoms with E-state index in [2.05, 4.69) is 87.0 Å². The Kier molecular flexibility index (Phi) is 45.3. The summed E-state index contributed by atoms with van der Waals surface area (Å²) in [6, 6.07) is 24.6. The molecule has 0 unspecified atom stereocenters. The molecule has 90 heavy (non-hydrogen) atoms. The number of rotatable bonds is 18. The van der Waals surface area contributed by atoms with Gasteiger partial charge in [-0.1, -0.05) is 159 Å². The standard InChI is InChI=1S/C24H35N3O3.C20H28N2O.C17H29N3O3.C3H3IN2.2C2H6.2CH3.2Y/c1-24(2,3)30-23(28)26(4)17-21-15-22(29-18-20-13-9-6-10-14-20)27(25-21)16-19-11-7-5-8-12-19;1-2-9-19-14-20(23-16-18-12-7-4-8-13-18)22(21-19)15-17-10-5-3-6-11-17;1-17(2,3)23-16(22)19(4)12-14-10-15(21)20(18-14)11-13-8-6-5-7-9-13;4-6-2-1-5-3-6;2*1-2;;;;/h6,9-10,13-15,19H,5,7-8,11-12,16-18H2,1-4H3;4,7-8,12-14,17H,2-3,5-6,9-11,15-16H2,1H3;13H,5-12H2,1-4H3;1-3H;2*1-2H3;2*1H3;;/q;;;;;;2*-1;;. The molecular formula is C70H113IN10O7Y2-2. The van der Waals surface area contributed by atoms with Crippen molar-refractivity contribution in [3.8, 4) is 11.8 Å². The summed E-state index contributed by atoms with van der Waals surface area (Å²) in [5.74, 6) is 3.70. The number of hydrazone groups is 1. The van der Waals surface area contributed by atoms with Crippen molar-refractivity contribution in [2.45, 2.75) is 236 Å². The van der Waals surface area contributed by atoms with Crippen molar-refractivity contribution in [3.63, 3.8) is 0 Å². The van der Waals surface area contributed by atoms with Gasteiger partial charge in [-0.25, -0.2) is 28.9 Å². The van der Waals surface area contributed by atoms with E-state index in [1.54, 1.807) is 36.5 Å². The first kappa shape index (κ1) is 86.3. The fraction of sp³-hybridized carbons (Fsp3) is 0.614. The Labute approximate surface area is 608 Å². The van der Waals surface area contributed by atoms with E-state index < -0.39 is 17.3 Å². The first-order valence-corrected chi connectivity index (χ1v) is 33.1. The van der Waals surface area contributed by atoms with E-state index in [-0.39, 0.29) is 92.3 Å². The van der Waals surface area contributed by atoms with Gasteiger partial charge in [0.25, 0.3) is 0 Å². The summed E-state index contributed by atoms with van der Waals surface area (Å²) in [6.45, 7) is 25.7. The van der Waals surface area contributed by atoms with Crippen LogP contribution < -0.4 is 9.47 Å². The van der Waals surface area contributed by atoms with Crippen molar-refractivity contribution in [3.05, 3.63) is 129 Å². The molecule has 4 heterocycles. The predicted molar refractivity (Wildman–Crippen MR) is 367 cm³/mol. The molecule has 4 aliphatic rings. The van der Waals surface area contributed by atoms with Crippen molar-refractivity contribution in [1.82, 2.24) is 42.1 Å². The maximum Gasteiger partial charge on any atom is 0.410 e. The SMILES string of the molecule is CC.CC.CCCc1cc(OCc2ccccc2)n(CC2CCCCC2)n1.CN(CC1=NN(CC2CCCCC2)C(=O)C1)C(=O)OC(C)(C)C.CN(Cc1cc(OCc2ccccc2)n(CC2CCCCC2)n1)C(=O)OC(C)(C)C.In1ccnc1.[CH3-].[CH3-].[Y].[Y]. The van der Waals surface area contributed by atoms with Gasteiger partial charge in [0.15, 0.2) is 0 Å². The normalized spacial score (nSPS) is 14.8. The van der Waals surface area contributed by atoms with Gasteiger partial charge >= 0.3 is 12.2 Å². The van der Waals surface area contributed by atoms with Gasteiger partial charge in [0, 0.05) is 124 Å². The topological polar surface area (TPSA) is 164 Å². The minimum Gasteiger partial charge on any atom is -0.473 e. The first-order valence-electron chi connectivity index (χ1n) is 32.1. The second-order valence-corrected chi connectivity index (χ2v) is 25.6. The monoisotopic (exact) mass is 1510 g/mol. The van der Waals surface area contributed by atoms with Crippen molar-refractivity contribution in [1.29, 1.82) is 0 Å². The van der Waals surface area contributed by atoms with Gasteiger partial charge in [0.05, 0.1) is 59.5 Å². The average molecular weight is 1510 g/mol. The Balaban J connectivity index is 0.00000121. The number of aromatic nitrogens is 6. The Morgan fingerprint density at radius 1 is 0.600 bits per heavy atom. The van der Waals surface area contributed by atoms with Crippen molar-refractivity contribution < 1.29 is 98.7 Å². The molecule has 3 amide bonds. The number of benzene rings is 2. The molecule has 20 heteroatoms. The van der Waals surface area contributed by atoms with Crippen LogP contribution in [0.1, 0.15) is 208 Å². The van der Waals surface area contributed by atoms with Crippen LogP contribution in [0.2, 0.25) is 0 Å². The van der Waals surface area contributed by atoms with E-state index in [9.17, 15) is 14.4 Å². The fourth-order valence-electron chi connectivity index (χ4n) is 10.5. The molecule has 5 aromatic rings. The molecule has 2 aromatic carbocycles. The zero-order valence-corrected chi connectivity index (χ0v) is 65.8. The van der Waals surface area contributed by atoms with Crippen LogP contribution in [-0.2, 0) is 119 Å². The zero-order valence-electron chi connectivity index (χ0n) is 57.9. The molecule has 3 saturated carbocycles. The second-order valence-electron chi connectivity index (χ2n) is 24.5. The third-order valence-corrected chi connectivity index (χ3v) is 15.2. The van der Waals surface area contributed by atoms with E-state index >= 15 is 0 Å². The Bertz CT molecular complexity index is 2680. The Hall–Kier alpha value is -3.71. The number of imidazole rings is 1. The van der Waals surface area contributed by atoms with Crippen LogP contribution in [-0.4, -0.2) is 104 Å². The van der Waals surface area contributed by atoms with Gasteiger partial charge in [-0.05, 0) is 115 Å². The van der Waals surface area contributed by atoms with Crippen LogP contribution in [0.15, 0.2) is 96.6 Å². The summed E-state index contributed by atoms with van der Waals surface area (Å²) in [7, 11) is 3.41.